The van der Waals surface area contributed by atoms with Crippen LogP contribution in [0.15, 0.2) is 91.0 Å². The predicted octanol–water partition coefficient (Wildman–Crippen LogP) is 4.80. The van der Waals surface area contributed by atoms with Crippen molar-refractivity contribution in [3.8, 4) is 0 Å². The van der Waals surface area contributed by atoms with Crippen molar-refractivity contribution in [3.05, 3.63) is 120 Å². The van der Waals surface area contributed by atoms with E-state index < -0.39 is 0 Å². The van der Waals surface area contributed by atoms with Gasteiger partial charge in [0.1, 0.15) is 0 Å². The van der Waals surface area contributed by atoms with Gasteiger partial charge in [0.05, 0.1) is 0 Å². The fourth-order valence-electron chi connectivity index (χ4n) is 2.31. The van der Waals surface area contributed by atoms with Gasteiger partial charge in [0.15, 0.2) is 0 Å². The molecule has 0 spiro atoms. The zero-order valence-corrected chi connectivity index (χ0v) is 14.3. The first-order valence-corrected chi connectivity index (χ1v) is 6.71. The molecule has 1 nitrogen and oxygen atoms in total. The summed E-state index contributed by atoms with van der Waals surface area (Å²) in [6.45, 7) is 4.75. The van der Waals surface area contributed by atoms with E-state index in [0.717, 1.165) is 0 Å². The van der Waals surface area contributed by atoms with Crippen LogP contribution < -0.4 is 0 Å². The summed E-state index contributed by atoms with van der Waals surface area (Å²) in [6, 6.07) is 31.6. The molecule has 0 heterocycles. The number of hydrogen-bond donors (Lipinski definition) is 0. The van der Waals surface area contributed by atoms with Crippen LogP contribution in [-0.2, 0) is 34.1 Å². The van der Waals surface area contributed by atoms with Crippen molar-refractivity contribution in [2.75, 3.05) is 0 Å². The van der Waals surface area contributed by atoms with E-state index in [2.05, 4.69) is 91.0 Å². The Morgan fingerprint density at radius 3 is 0.957 bits per heavy atom. The summed E-state index contributed by atoms with van der Waals surface area (Å²) in [4.78, 5) is 0. The van der Waals surface area contributed by atoms with Gasteiger partial charge < -0.3 is 11.8 Å². The van der Waals surface area contributed by atoms with Crippen molar-refractivity contribution in [2.24, 2.45) is 0 Å². The third-order valence-electron chi connectivity index (χ3n) is 3.19. The third-order valence-corrected chi connectivity index (χ3v) is 3.19. The largest absolute Gasteiger partial charge is 2.00 e. The van der Waals surface area contributed by atoms with Crippen LogP contribution in [0.25, 0.3) is 0 Å². The van der Waals surface area contributed by atoms with Crippen LogP contribution in [0.3, 0.4) is 0 Å². The summed E-state index contributed by atoms with van der Waals surface area (Å²) in [5.41, 5.74) is 3.75. The second kappa shape index (κ2) is 11.6. The van der Waals surface area contributed by atoms with Gasteiger partial charge in [-0.3, -0.25) is 0 Å². The molecular formula is C20H15CuFeN. The van der Waals surface area contributed by atoms with Crippen molar-refractivity contribution < 1.29 is 34.1 Å². The summed E-state index contributed by atoms with van der Waals surface area (Å²) in [6.07, 6.45) is 0. The Balaban J connectivity index is 0.00000117. The minimum Gasteiger partial charge on any atom is -0.512 e. The van der Waals surface area contributed by atoms with Crippen molar-refractivity contribution >= 4 is 0 Å². The zero-order valence-electron chi connectivity index (χ0n) is 12.3. The maximum Gasteiger partial charge on any atom is 2.00 e. The van der Waals surface area contributed by atoms with Gasteiger partial charge in [0, 0.05) is 17.1 Å². The van der Waals surface area contributed by atoms with Crippen LogP contribution in [0.1, 0.15) is 16.7 Å². The Bertz CT molecular complexity index is 575. The van der Waals surface area contributed by atoms with Crippen LogP contribution in [0.2, 0.25) is 0 Å². The Kier molecular flexibility index (Phi) is 10.6. The average Bonchev–Trinajstić information content (AvgIpc) is 2.60. The molecule has 0 aromatic heterocycles. The molecule has 0 unspecified atom stereocenters. The Hall–Kier alpha value is -1.94. The molecule has 0 amide bonds. The van der Waals surface area contributed by atoms with Crippen LogP contribution in [0.4, 0.5) is 0 Å². The smallest absolute Gasteiger partial charge is 0.512 e. The van der Waals surface area contributed by atoms with Crippen molar-refractivity contribution in [3.63, 3.8) is 0 Å². The van der Waals surface area contributed by atoms with Gasteiger partial charge in [0.2, 0.25) is 0 Å². The molecule has 0 saturated heterocycles. The van der Waals surface area contributed by atoms with Gasteiger partial charge >= 0.3 is 17.1 Å². The third kappa shape index (κ3) is 5.64. The molecule has 0 aliphatic heterocycles. The molecule has 0 aliphatic carbocycles. The van der Waals surface area contributed by atoms with Crippen LogP contribution in [0.5, 0.6) is 0 Å². The van der Waals surface area contributed by atoms with Crippen LogP contribution >= 0.6 is 0 Å². The molecule has 0 aliphatic rings. The maximum atomic E-state index is 6.25. The minimum atomic E-state index is 0. The molecule has 1 radical (unpaired) electrons. The topological polar surface area (TPSA) is 23.8 Å². The second-order valence-corrected chi connectivity index (χ2v) is 4.47. The first-order chi connectivity index (χ1) is 10.4. The number of hydrogen-bond acceptors (Lipinski definition) is 1. The maximum absolute atomic E-state index is 6.25. The van der Waals surface area contributed by atoms with Gasteiger partial charge in [-0.25, -0.2) is 0 Å². The number of rotatable bonds is 3. The SMILES string of the molecule is [C-]#N.[Cu].[Fe+2].c1ccc([C-](c2ccccc2)c2ccccc2)cc1. The molecule has 0 fully saturated rings. The zero-order chi connectivity index (χ0) is 14.9. The summed E-state index contributed by atoms with van der Waals surface area (Å²) >= 11 is 0. The summed E-state index contributed by atoms with van der Waals surface area (Å²) in [5, 5.41) is 6.25. The van der Waals surface area contributed by atoms with E-state index in [4.69, 9.17) is 11.8 Å². The molecule has 3 heteroatoms. The molecular weight excluding hydrogens is 374 g/mol. The standard InChI is InChI=1S/C19H15.CN.Cu.Fe/c1-4-10-16(11-5-1)19(17-12-6-2-7-13-17)18-14-8-3-9-15-18;1-2;;/h1-15H;;;/q2*-1;;+2. The van der Waals surface area contributed by atoms with Crippen LogP contribution in [-0.4, -0.2) is 0 Å². The van der Waals surface area contributed by atoms with E-state index in [1.54, 1.807) is 0 Å². The fraction of sp³-hybridized carbons (Fsp3) is 0. The fourth-order valence-corrected chi connectivity index (χ4v) is 2.31. The van der Waals surface area contributed by atoms with Gasteiger partial charge in [-0.15, -0.1) is 0 Å². The molecule has 0 atom stereocenters. The van der Waals surface area contributed by atoms with Gasteiger partial charge in [-0.1, -0.05) is 114 Å². The minimum absolute atomic E-state index is 0. The molecule has 23 heavy (non-hydrogen) atoms. The van der Waals surface area contributed by atoms with E-state index in [1.807, 2.05) is 0 Å². The van der Waals surface area contributed by atoms with E-state index in [9.17, 15) is 0 Å². The van der Waals surface area contributed by atoms with Crippen LogP contribution in [0, 0.1) is 17.8 Å². The summed E-state index contributed by atoms with van der Waals surface area (Å²) in [5.74, 6) is 1.28. The predicted molar refractivity (Wildman–Crippen MR) is 84.8 cm³/mol. The number of benzene rings is 3. The Morgan fingerprint density at radius 1 is 0.522 bits per heavy atom. The van der Waals surface area contributed by atoms with Crippen molar-refractivity contribution in [1.29, 1.82) is 5.26 Å². The van der Waals surface area contributed by atoms with E-state index >= 15 is 0 Å². The van der Waals surface area contributed by atoms with Gasteiger partial charge in [0.25, 0.3) is 0 Å². The monoisotopic (exact) mass is 388 g/mol. The Morgan fingerprint density at radius 2 is 0.739 bits per heavy atom. The number of nitrogens with zero attached hydrogens (tertiary/aromatic N) is 1. The molecule has 119 valence electrons. The first kappa shape index (κ1) is 21.1. The molecule has 0 N–H and O–H groups in total. The van der Waals surface area contributed by atoms with Gasteiger partial charge in [-0.05, 0) is 0 Å². The van der Waals surface area contributed by atoms with Crippen molar-refractivity contribution in [1.82, 2.24) is 0 Å². The first-order valence-electron chi connectivity index (χ1n) is 6.71. The normalized spacial score (nSPS) is 8.43. The molecule has 0 saturated carbocycles. The Labute approximate surface area is 159 Å². The molecule has 3 rings (SSSR count). The second-order valence-electron chi connectivity index (χ2n) is 4.47. The molecule has 3 aromatic rings. The summed E-state index contributed by atoms with van der Waals surface area (Å²) in [7, 11) is 0. The van der Waals surface area contributed by atoms with E-state index in [1.165, 1.54) is 22.6 Å². The van der Waals surface area contributed by atoms with E-state index in [0.29, 0.717) is 0 Å². The van der Waals surface area contributed by atoms with E-state index in [-0.39, 0.29) is 34.1 Å². The quantitative estimate of drug-likeness (QED) is 0.359. The molecule has 0 bridgehead atoms. The van der Waals surface area contributed by atoms with Crippen molar-refractivity contribution in [2.45, 2.75) is 0 Å². The van der Waals surface area contributed by atoms with Gasteiger partial charge in [-0.2, -0.15) is 0 Å². The summed E-state index contributed by atoms with van der Waals surface area (Å²) < 4.78 is 0. The molecule has 3 aromatic carbocycles. The average molecular weight is 389 g/mol.